The molecule has 5 heteroatoms. The first-order chi connectivity index (χ1) is 15.1. The molecule has 0 saturated carbocycles. The average molecular weight is 435 g/mol. The van der Waals surface area contributed by atoms with Crippen LogP contribution in [0.3, 0.4) is 0 Å². The van der Waals surface area contributed by atoms with Crippen molar-refractivity contribution in [2.45, 2.75) is 74.9 Å². The normalized spacial score (nSPS) is 16.9. The second kappa shape index (κ2) is 8.97. The fourth-order valence-electron chi connectivity index (χ4n) is 4.36. The summed E-state index contributed by atoms with van der Waals surface area (Å²) in [6.07, 6.45) is 1.94. The number of imidazole rings is 1. The second-order valence-electron chi connectivity index (χ2n) is 9.44. The Bertz CT molecular complexity index is 1120. The molecule has 5 nitrogen and oxygen atoms in total. The van der Waals surface area contributed by atoms with E-state index in [9.17, 15) is 4.79 Å². The number of aryl methyl sites for hydroxylation is 4. The number of likely N-dealkylation sites (tertiary alicyclic amines) is 1. The fourth-order valence-corrected chi connectivity index (χ4v) is 4.36. The van der Waals surface area contributed by atoms with Crippen LogP contribution in [0.4, 0.5) is 5.69 Å². The zero-order chi connectivity index (χ0) is 23.8. The molecule has 1 saturated heterocycles. The number of nitrogens with zero attached hydrogens (tertiary/aromatic N) is 3. The van der Waals surface area contributed by atoms with Crippen molar-refractivity contribution in [2.75, 3.05) is 11.9 Å². The number of amides is 1. The van der Waals surface area contributed by atoms with Crippen LogP contribution >= 0.6 is 0 Å². The Kier molecular flexibility index (Phi) is 6.68. The first kappa shape index (κ1) is 23.8. The van der Waals surface area contributed by atoms with Gasteiger partial charge in [0.15, 0.2) is 5.65 Å². The lowest BCUT2D eigenvalue weighted by molar-refractivity contribution is -0.0212. The molecular formula is C27H38N4O. The zero-order valence-electron chi connectivity index (χ0n) is 21.1. The largest absolute Gasteiger partial charge is 0.378 e. The summed E-state index contributed by atoms with van der Waals surface area (Å²) in [5.41, 5.74) is 8.48. The first-order valence-electron chi connectivity index (χ1n) is 11.7. The summed E-state index contributed by atoms with van der Waals surface area (Å²) in [6, 6.07) is 8.56. The zero-order valence-corrected chi connectivity index (χ0v) is 21.1. The number of aromatic nitrogens is 2. The second-order valence-corrected chi connectivity index (χ2v) is 9.44. The monoisotopic (exact) mass is 434 g/mol. The molecule has 1 aromatic carbocycles. The van der Waals surface area contributed by atoms with Crippen LogP contribution in [0.2, 0.25) is 0 Å². The summed E-state index contributed by atoms with van der Waals surface area (Å²) in [7, 11) is 0. The fraction of sp³-hybridized carbons (Fsp3) is 0.481. The summed E-state index contributed by atoms with van der Waals surface area (Å²) < 4.78 is 2.05. The summed E-state index contributed by atoms with van der Waals surface area (Å²) in [5, 5.41) is 3.57. The number of pyridine rings is 1. The van der Waals surface area contributed by atoms with Crippen LogP contribution in [-0.2, 0) is 6.54 Å². The van der Waals surface area contributed by atoms with Crippen molar-refractivity contribution < 1.29 is 4.79 Å². The number of carbonyl (C=O) groups excluding carboxylic acids is 1. The lowest BCUT2D eigenvalue weighted by Gasteiger charge is -2.52. The maximum absolute atomic E-state index is 13.3. The number of fused-ring (bicyclic) bond motifs is 1. The van der Waals surface area contributed by atoms with Gasteiger partial charge in [-0.1, -0.05) is 45.9 Å². The molecule has 1 fully saturated rings. The number of anilines is 1. The van der Waals surface area contributed by atoms with Crippen LogP contribution in [-0.4, -0.2) is 32.8 Å². The summed E-state index contributed by atoms with van der Waals surface area (Å²) in [6.45, 7) is 20.4. The van der Waals surface area contributed by atoms with Crippen LogP contribution < -0.4 is 5.32 Å². The molecule has 4 rings (SSSR count). The highest BCUT2D eigenvalue weighted by atomic mass is 16.2. The van der Waals surface area contributed by atoms with Gasteiger partial charge in [0.05, 0.1) is 16.9 Å². The Morgan fingerprint density at radius 2 is 1.78 bits per heavy atom. The van der Waals surface area contributed by atoms with Crippen LogP contribution in [0.25, 0.3) is 5.65 Å². The van der Waals surface area contributed by atoms with E-state index in [1.54, 1.807) is 0 Å². The molecule has 1 aliphatic heterocycles. The number of rotatable bonds is 4. The Hall–Kier alpha value is -2.82. The predicted molar refractivity (Wildman–Crippen MR) is 134 cm³/mol. The van der Waals surface area contributed by atoms with Gasteiger partial charge in [-0.2, -0.15) is 0 Å². The molecule has 32 heavy (non-hydrogen) atoms. The van der Waals surface area contributed by atoms with Crippen molar-refractivity contribution in [1.82, 2.24) is 14.3 Å². The van der Waals surface area contributed by atoms with E-state index < -0.39 is 0 Å². The average Bonchev–Trinajstić information content (AvgIpc) is 3.06. The minimum absolute atomic E-state index is 0.0876. The van der Waals surface area contributed by atoms with Gasteiger partial charge >= 0.3 is 0 Å². The van der Waals surface area contributed by atoms with E-state index in [2.05, 4.69) is 58.1 Å². The summed E-state index contributed by atoms with van der Waals surface area (Å²) in [5.74, 6) is 0.0876. The smallest absolute Gasteiger partial charge is 0.255 e. The quantitative estimate of drug-likeness (QED) is 0.542. The number of nitrogens with one attached hydrogen (secondary N) is 1. The Morgan fingerprint density at radius 3 is 2.34 bits per heavy atom. The van der Waals surface area contributed by atoms with Crippen molar-refractivity contribution in [3.63, 3.8) is 0 Å². The Morgan fingerprint density at radius 1 is 1.16 bits per heavy atom. The third kappa shape index (κ3) is 4.13. The summed E-state index contributed by atoms with van der Waals surface area (Å²) >= 11 is 0. The van der Waals surface area contributed by atoms with E-state index in [-0.39, 0.29) is 17.4 Å². The molecule has 1 N–H and O–H groups in total. The van der Waals surface area contributed by atoms with Gasteiger partial charge in [-0.15, -0.1) is 0 Å². The molecule has 2 aromatic heterocycles. The van der Waals surface area contributed by atoms with Gasteiger partial charge in [0.2, 0.25) is 0 Å². The maximum Gasteiger partial charge on any atom is 0.255 e. The number of hydrogen-bond donors (Lipinski definition) is 1. The molecule has 172 valence electrons. The molecule has 0 spiro atoms. The third-order valence-electron chi connectivity index (χ3n) is 6.98. The lowest BCUT2D eigenvalue weighted by Crippen LogP contribution is -2.62. The van der Waals surface area contributed by atoms with Crippen molar-refractivity contribution in [3.8, 4) is 0 Å². The van der Waals surface area contributed by atoms with Gasteiger partial charge in [0, 0.05) is 36.4 Å². The maximum atomic E-state index is 13.3. The predicted octanol–water partition coefficient (Wildman–Crippen LogP) is 6.08. The highest BCUT2D eigenvalue weighted by Gasteiger charge is 2.45. The van der Waals surface area contributed by atoms with E-state index in [0.29, 0.717) is 12.1 Å². The van der Waals surface area contributed by atoms with E-state index in [4.69, 9.17) is 4.98 Å². The van der Waals surface area contributed by atoms with E-state index in [1.165, 1.54) is 16.7 Å². The molecule has 0 aliphatic carbocycles. The topological polar surface area (TPSA) is 49.6 Å². The van der Waals surface area contributed by atoms with Crippen molar-refractivity contribution in [2.24, 2.45) is 5.41 Å². The molecular weight excluding hydrogens is 396 g/mol. The van der Waals surface area contributed by atoms with Crippen LogP contribution in [0.5, 0.6) is 0 Å². The molecule has 1 unspecified atom stereocenters. The van der Waals surface area contributed by atoms with Crippen molar-refractivity contribution in [1.29, 1.82) is 0 Å². The van der Waals surface area contributed by atoms with Gasteiger partial charge < -0.3 is 14.6 Å². The minimum Gasteiger partial charge on any atom is -0.378 e. The SMILES string of the molecule is CC.Cc1cccc(C)c1CNc1cc(C(=O)N2CC(C)(C)C2C)cn2c(C)c(C)nc12. The van der Waals surface area contributed by atoms with Gasteiger partial charge in [0.1, 0.15) is 0 Å². The standard InChI is InChI=1S/C25H32N4O.C2H6/c1-15-9-8-10-16(2)21(15)12-26-22-11-20(13-28-18(4)17(3)27-23(22)28)24(30)29-14-25(6,7)19(29)5;1-2/h8-11,13,19,26H,12,14H2,1-7H3;1-2H3. The van der Waals surface area contributed by atoms with Gasteiger partial charge in [0.25, 0.3) is 5.91 Å². The molecule has 3 aromatic rings. The molecule has 3 heterocycles. The van der Waals surface area contributed by atoms with Crippen molar-refractivity contribution in [3.05, 3.63) is 64.1 Å². The van der Waals surface area contributed by atoms with Gasteiger partial charge in [-0.05, 0) is 57.4 Å². The number of benzene rings is 1. The van der Waals surface area contributed by atoms with Gasteiger partial charge in [-0.3, -0.25) is 4.79 Å². The molecule has 1 amide bonds. The Balaban J connectivity index is 0.00000141. The van der Waals surface area contributed by atoms with Gasteiger partial charge in [-0.25, -0.2) is 4.98 Å². The first-order valence-corrected chi connectivity index (χ1v) is 11.7. The Labute approximate surface area is 192 Å². The van der Waals surface area contributed by atoms with Crippen molar-refractivity contribution >= 4 is 17.2 Å². The molecule has 0 bridgehead atoms. The highest BCUT2D eigenvalue weighted by molar-refractivity contribution is 5.97. The van der Waals surface area contributed by atoms with Crippen LogP contribution in [0.1, 0.15) is 73.1 Å². The molecule has 1 aliphatic rings. The highest BCUT2D eigenvalue weighted by Crippen LogP contribution is 2.38. The lowest BCUT2D eigenvalue weighted by atomic mass is 9.75. The van der Waals surface area contributed by atoms with E-state index in [1.807, 2.05) is 49.3 Å². The number of carbonyl (C=O) groups is 1. The van der Waals surface area contributed by atoms with E-state index >= 15 is 0 Å². The minimum atomic E-state index is 0.0876. The van der Waals surface area contributed by atoms with Crippen LogP contribution in [0.15, 0.2) is 30.5 Å². The van der Waals surface area contributed by atoms with Crippen LogP contribution in [0, 0.1) is 33.1 Å². The molecule has 1 atom stereocenters. The summed E-state index contributed by atoms with van der Waals surface area (Å²) in [4.78, 5) is 20.0. The third-order valence-corrected chi connectivity index (χ3v) is 6.98. The molecule has 0 radical (unpaired) electrons. The van der Waals surface area contributed by atoms with E-state index in [0.717, 1.165) is 29.3 Å². The number of hydrogen-bond acceptors (Lipinski definition) is 3.